The molecule has 5 nitrogen and oxygen atoms in total. The number of aromatic nitrogens is 4. The van der Waals surface area contributed by atoms with Crippen LogP contribution in [0.2, 0.25) is 0 Å². The number of hydrogen-bond donors (Lipinski definition) is 0. The maximum Gasteiger partial charge on any atom is 0.145 e. The van der Waals surface area contributed by atoms with Crippen molar-refractivity contribution in [3.63, 3.8) is 0 Å². The summed E-state index contributed by atoms with van der Waals surface area (Å²) in [6, 6.07) is 53.3. The van der Waals surface area contributed by atoms with Crippen molar-refractivity contribution in [2.75, 3.05) is 11.9 Å². The van der Waals surface area contributed by atoms with E-state index in [1.165, 1.54) is 35.4 Å². The fraction of sp³-hybridized carbons (Fsp3) is 0.137. The van der Waals surface area contributed by atoms with Crippen LogP contribution in [0.15, 0.2) is 182 Å². The van der Waals surface area contributed by atoms with E-state index in [0.717, 1.165) is 68.2 Å². The summed E-state index contributed by atoms with van der Waals surface area (Å²) in [5.41, 5.74) is 14.2. The second-order valence-electron chi connectivity index (χ2n) is 14.3. The van der Waals surface area contributed by atoms with Gasteiger partial charge in [0, 0.05) is 40.9 Å². The molecular formula is C51H47N5. The Labute approximate surface area is 330 Å². The molecule has 1 aliphatic rings. The van der Waals surface area contributed by atoms with Gasteiger partial charge >= 0.3 is 0 Å². The molecule has 0 radical (unpaired) electrons. The molecule has 0 aliphatic heterocycles. The van der Waals surface area contributed by atoms with E-state index in [1.807, 2.05) is 0 Å². The highest BCUT2D eigenvalue weighted by molar-refractivity contribution is 5.90. The zero-order valence-electron chi connectivity index (χ0n) is 32.6. The molecule has 6 aromatic carbocycles. The average molecular weight is 730 g/mol. The molecule has 0 bridgehead atoms. The fourth-order valence-electron chi connectivity index (χ4n) is 7.63. The van der Waals surface area contributed by atoms with Crippen molar-refractivity contribution in [1.29, 1.82) is 0 Å². The van der Waals surface area contributed by atoms with Crippen LogP contribution in [0.1, 0.15) is 44.2 Å². The highest BCUT2D eigenvalue weighted by Crippen LogP contribution is 2.39. The Kier molecular flexibility index (Phi) is 10.6. The van der Waals surface area contributed by atoms with Gasteiger partial charge in [-0.05, 0) is 123 Å². The second-order valence-corrected chi connectivity index (χ2v) is 14.3. The van der Waals surface area contributed by atoms with E-state index in [4.69, 9.17) is 9.97 Å². The molecule has 8 aromatic rings. The van der Waals surface area contributed by atoms with Gasteiger partial charge in [0.25, 0.3) is 0 Å². The van der Waals surface area contributed by atoms with Crippen molar-refractivity contribution in [2.45, 2.75) is 40.0 Å². The molecule has 0 fully saturated rings. The minimum Gasteiger partial charge on any atom is -0.344 e. The third kappa shape index (κ3) is 7.24. The van der Waals surface area contributed by atoms with Crippen LogP contribution in [0.4, 0.5) is 5.69 Å². The highest BCUT2D eigenvalue weighted by atomic mass is 15.1. The Morgan fingerprint density at radius 3 is 1.52 bits per heavy atom. The van der Waals surface area contributed by atoms with Gasteiger partial charge in [0.1, 0.15) is 11.6 Å². The van der Waals surface area contributed by atoms with Crippen molar-refractivity contribution in [3.8, 4) is 34.2 Å². The summed E-state index contributed by atoms with van der Waals surface area (Å²) < 4.78 is 4.55. The van der Waals surface area contributed by atoms with Crippen LogP contribution in [0.25, 0.3) is 61.9 Å². The largest absolute Gasteiger partial charge is 0.344 e. The average Bonchev–Trinajstić information content (AvgIpc) is 3.85. The molecule has 5 heteroatoms. The van der Waals surface area contributed by atoms with Crippen LogP contribution in [-0.4, -0.2) is 26.1 Å². The Hall–Kier alpha value is -6.72. The molecule has 276 valence electrons. The van der Waals surface area contributed by atoms with Gasteiger partial charge in [-0.15, -0.1) is 0 Å². The van der Waals surface area contributed by atoms with Gasteiger partial charge in [-0.25, -0.2) is 9.97 Å². The summed E-state index contributed by atoms with van der Waals surface area (Å²) >= 11 is 0. The first-order valence-corrected chi connectivity index (χ1v) is 19.5. The molecule has 0 unspecified atom stereocenters. The maximum absolute atomic E-state index is 5.31. The van der Waals surface area contributed by atoms with Crippen LogP contribution in [0, 0.1) is 6.92 Å². The Morgan fingerprint density at radius 1 is 0.589 bits per heavy atom. The normalized spacial score (nSPS) is 12.7. The summed E-state index contributed by atoms with van der Waals surface area (Å²) in [5, 5.41) is 0. The Balaban J connectivity index is 0.000000673. The predicted molar refractivity (Wildman–Crippen MR) is 237 cm³/mol. The van der Waals surface area contributed by atoms with Crippen molar-refractivity contribution in [3.05, 3.63) is 193 Å². The lowest BCUT2D eigenvalue weighted by atomic mass is 9.97. The number of fused-ring (bicyclic) bond motifs is 2. The zero-order chi connectivity index (χ0) is 38.4. The molecule has 0 saturated carbocycles. The van der Waals surface area contributed by atoms with Gasteiger partial charge in [0.2, 0.25) is 0 Å². The van der Waals surface area contributed by atoms with Crippen LogP contribution in [0.3, 0.4) is 0 Å². The Morgan fingerprint density at radius 2 is 1.05 bits per heavy atom. The number of allylic oxidation sites excluding steroid dienone is 5. The number of rotatable bonds is 8. The lowest BCUT2D eigenvalue weighted by Gasteiger charge is -2.28. The molecule has 9 rings (SSSR count). The number of nitrogens with zero attached hydrogens (tertiary/aromatic N) is 5. The third-order valence-corrected chi connectivity index (χ3v) is 10.5. The summed E-state index contributed by atoms with van der Waals surface area (Å²) in [7, 11) is 2.18. The number of hydrogen-bond acceptors (Lipinski definition) is 3. The topological polar surface area (TPSA) is 38.9 Å². The standard InChI is InChI=1S/C45H39N5.C6H8/c1-5-31(2)43(48(4)40-25-15-12-18-32(40)3)33-28-34(44-46-38-23-13-16-26-41(38)49(44)36-19-8-6-9-20-36)30-35(29-33)45-47-39-24-14-17-27-42(39)50(45)37-21-10-7-11-22-37;1-2-4-6-5-3-1/h6-30H,5H2,1-4H3;1-4H,5-6H2/b43-31+;. The fourth-order valence-corrected chi connectivity index (χ4v) is 7.63. The van der Waals surface area contributed by atoms with E-state index in [9.17, 15) is 0 Å². The quantitative estimate of drug-likeness (QED) is 0.156. The van der Waals surface area contributed by atoms with E-state index in [2.05, 4.69) is 218 Å². The lowest BCUT2D eigenvalue weighted by Crippen LogP contribution is -2.18. The first-order valence-electron chi connectivity index (χ1n) is 19.5. The van der Waals surface area contributed by atoms with E-state index >= 15 is 0 Å². The van der Waals surface area contributed by atoms with Crippen LogP contribution >= 0.6 is 0 Å². The molecular weight excluding hydrogens is 683 g/mol. The van der Waals surface area contributed by atoms with Crippen LogP contribution < -0.4 is 4.90 Å². The minimum atomic E-state index is 0.884. The van der Waals surface area contributed by atoms with E-state index < -0.39 is 0 Å². The number of anilines is 1. The zero-order valence-corrected chi connectivity index (χ0v) is 32.6. The summed E-state index contributed by atoms with van der Waals surface area (Å²) in [4.78, 5) is 13.0. The highest BCUT2D eigenvalue weighted by Gasteiger charge is 2.22. The molecule has 56 heavy (non-hydrogen) atoms. The molecule has 0 saturated heterocycles. The molecule has 2 heterocycles. The van der Waals surface area contributed by atoms with Gasteiger partial charge in [-0.1, -0.05) is 110 Å². The second kappa shape index (κ2) is 16.3. The number of aryl methyl sites for hydroxylation is 1. The number of benzene rings is 6. The number of imidazole rings is 2. The van der Waals surface area contributed by atoms with Gasteiger partial charge in [0.15, 0.2) is 0 Å². The molecule has 0 N–H and O–H groups in total. The monoisotopic (exact) mass is 729 g/mol. The van der Waals surface area contributed by atoms with Crippen molar-refractivity contribution < 1.29 is 0 Å². The van der Waals surface area contributed by atoms with Gasteiger partial charge in [0.05, 0.1) is 22.1 Å². The van der Waals surface area contributed by atoms with Crippen LogP contribution in [-0.2, 0) is 0 Å². The predicted octanol–water partition coefficient (Wildman–Crippen LogP) is 13.2. The van der Waals surface area contributed by atoms with Gasteiger partial charge < -0.3 is 4.90 Å². The maximum atomic E-state index is 5.31. The van der Waals surface area contributed by atoms with Gasteiger partial charge in [-0.3, -0.25) is 9.13 Å². The first-order chi connectivity index (χ1) is 27.5. The number of para-hydroxylation sites is 7. The van der Waals surface area contributed by atoms with Crippen LogP contribution in [0.5, 0.6) is 0 Å². The molecule has 1 aliphatic carbocycles. The third-order valence-electron chi connectivity index (χ3n) is 10.5. The lowest BCUT2D eigenvalue weighted by molar-refractivity contribution is 1.04. The van der Waals surface area contributed by atoms with E-state index in [1.54, 1.807) is 0 Å². The Bertz CT molecular complexity index is 2560. The molecule has 0 amide bonds. The van der Waals surface area contributed by atoms with Crippen molar-refractivity contribution in [1.82, 2.24) is 19.1 Å². The van der Waals surface area contributed by atoms with Crippen molar-refractivity contribution in [2.24, 2.45) is 0 Å². The SMILES string of the molecule is C1=CCCC=C1.CC/C(C)=C(\c1cc(-c2nc3ccccc3n2-c2ccccc2)cc(-c2nc3ccccc3n2-c2ccccc2)c1)N(C)c1ccccc1C. The first kappa shape index (κ1) is 36.3. The smallest absolute Gasteiger partial charge is 0.145 e. The minimum absolute atomic E-state index is 0.884. The van der Waals surface area contributed by atoms with Crippen molar-refractivity contribution >= 4 is 33.5 Å². The molecule has 0 spiro atoms. The summed E-state index contributed by atoms with van der Waals surface area (Å²) in [6.45, 7) is 6.65. The molecule has 2 aromatic heterocycles. The van der Waals surface area contributed by atoms with E-state index in [-0.39, 0.29) is 0 Å². The van der Waals surface area contributed by atoms with Gasteiger partial charge in [-0.2, -0.15) is 0 Å². The van der Waals surface area contributed by atoms with E-state index in [0.29, 0.717) is 0 Å². The summed E-state index contributed by atoms with van der Waals surface area (Å²) in [5.74, 6) is 1.77. The molecule has 0 atom stereocenters. The summed E-state index contributed by atoms with van der Waals surface area (Å²) in [6.07, 6.45) is 11.9.